The maximum Gasteiger partial charge on any atom is 0.310 e. The minimum Gasteiger partial charge on any atom is -0.469 e. The Bertz CT molecular complexity index is 508. The molecule has 0 aliphatic carbocycles. The Morgan fingerprint density at radius 2 is 2.32 bits per heavy atom. The number of ether oxygens (including phenoxy) is 1. The second-order valence-electron chi connectivity index (χ2n) is 4.08. The molecule has 5 nitrogen and oxygen atoms in total. The Hall–Kier alpha value is -1.66. The van der Waals surface area contributed by atoms with E-state index >= 15 is 0 Å². The van der Waals surface area contributed by atoms with Gasteiger partial charge in [0.15, 0.2) is 0 Å². The highest BCUT2D eigenvalue weighted by atomic mass is 32.1. The molecule has 0 aliphatic rings. The number of thiophene rings is 1. The predicted molar refractivity (Wildman–Crippen MR) is 74.0 cm³/mol. The van der Waals surface area contributed by atoms with Crippen LogP contribution in [0.25, 0.3) is 0 Å². The number of H-pyrrole nitrogens is 1. The first kappa shape index (κ1) is 13.8. The molecule has 0 bridgehead atoms. The zero-order chi connectivity index (χ0) is 13.5. The van der Waals surface area contributed by atoms with Gasteiger partial charge in [-0.1, -0.05) is 0 Å². The van der Waals surface area contributed by atoms with Crippen LogP contribution in [0.1, 0.15) is 15.6 Å². The number of aromatic amines is 1. The van der Waals surface area contributed by atoms with Crippen molar-refractivity contribution >= 4 is 17.3 Å². The van der Waals surface area contributed by atoms with E-state index in [-0.39, 0.29) is 5.97 Å². The van der Waals surface area contributed by atoms with Crippen molar-refractivity contribution < 1.29 is 9.53 Å². The van der Waals surface area contributed by atoms with Gasteiger partial charge in [0.2, 0.25) is 0 Å². The van der Waals surface area contributed by atoms with Crippen LogP contribution in [-0.2, 0) is 28.9 Å². The zero-order valence-corrected chi connectivity index (χ0v) is 11.6. The Morgan fingerprint density at radius 3 is 3.05 bits per heavy atom. The molecule has 0 saturated heterocycles. The lowest BCUT2D eigenvalue weighted by Gasteiger charge is -2.01. The smallest absolute Gasteiger partial charge is 0.310 e. The third-order valence-electron chi connectivity index (χ3n) is 2.66. The molecule has 102 valence electrons. The van der Waals surface area contributed by atoms with Crippen LogP contribution in [-0.4, -0.2) is 29.6 Å². The fraction of sp³-hybridized carbons (Fsp3) is 0.385. The van der Waals surface area contributed by atoms with Crippen LogP contribution in [0.3, 0.4) is 0 Å². The number of imidazole rings is 1. The van der Waals surface area contributed by atoms with E-state index < -0.39 is 0 Å². The first-order valence-electron chi connectivity index (χ1n) is 6.11. The quantitative estimate of drug-likeness (QED) is 0.595. The summed E-state index contributed by atoms with van der Waals surface area (Å²) in [6.45, 7) is 1.68. The lowest BCUT2D eigenvalue weighted by atomic mass is 10.3. The van der Waals surface area contributed by atoms with Crippen molar-refractivity contribution in [2.45, 2.75) is 19.4 Å². The second-order valence-corrected chi connectivity index (χ2v) is 5.34. The third kappa shape index (κ3) is 4.50. The van der Waals surface area contributed by atoms with Crippen molar-refractivity contribution in [3.05, 3.63) is 40.1 Å². The van der Waals surface area contributed by atoms with Crippen molar-refractivity contribution in [1.82, 2.24) is 15.3 Å². The third-order valence-corrected chi connectivity index (χ3v) is 3.74. The van der Waals surface area contributed by atoms with E-state index in [0.717, 1.165) is 30.2 Å². The van der Waals surface area contributed by atoms with E-state index in [2.05, 4.69) is 20.0 Å². The van der Waals surface area contributed by atoms with Crippen molar-refractivity contribution in [3.8, 4) is 0 Å². The Labute approximate surface area is 116 Å². The summed E-state index contributed by atoms with van der Waals surface area (Å²) in [4.78, 5) is 20.6. The molecule has 6 heteroatoms. The van der Waals surface area contributed by atoms with E-state index in [1.54, 1.807) is 17.5 Å². The SMILES string of the molecule is COC(=O)Cc1ccc(CNCCc2ncc[nH]2)s1. The van der Waals surface area contributed by atoms with Gasteiger partial charge < -0.3 is 15.0 Å². The van der Waals surface area contributed by atoms with Gasteiger partial charge in [-0.3, -0.25) is 4.79 Å². The Kier molecular flexibility index (Phi) is 5.11. The number of rotatable bonds is 7. The molecule has 2 heterocycles. The molecule has 0 spiro atoms. The largest absolute Gasteiger partial charge is 0.469 e. The zero-order valence-electron chi connectivity index (χ0n) is 10.8. The van der Waals surface area contributed by atoms with Gasteiger partial charge in [-0.2, -0.15) is 0 Å². The van der Waals surface area contributed by atoms with Crippen molar-refractivity contribution in [2.75, 3.05) is 13.7 Å². The van der Waals surface area contributed by atoms with Crippen LogP contribution < -0.4 is 5.32 Å². The lowest BCUT2D eigenvalue weighted by molar-refractivity contribution is -0.139. The summed E-state index contributed by atoms with van der Waals surface area (Å²) in [5.74, 6) is 0.796. The second kappa shape index (κ2) is 7.06. The van der Waals surface area contributed by atoms with Crippen LogP contribution in [0.5, 0.6) is 0 Å². The van der Waals surface area contributed by atoms with Gasteiger partial charge in [-0.15, -0.1) is 11.3 Å². The molecule has 0 radical (unpaired) electrons. The molecule has 0 amide bonds. The molecule has 0 aliphatic heterocycles. The highest BCUT2D eigenvalue weighted by molar-refractivity contribution is 7.12. The summed E-state index contributed by atoms with van der Waals surface area (Å²) in [5.41, 5.74) is 0. The van der Waals surface area contributed by atoms with Crippen molar-refractivity contribution in [1.29, 1.82) is 0 Å². The monoisotopic (exact) mass is 279 g/mol. The maximum atomic E-state index is 11.1. The first-order chi connectivity index (χ1) is 9.28. The number of carbonyl (C=O) groups excluding carboxylic acids is 1. The number of nitrogens with zero attached hydrogens (tertiary/aromatic N) is 1. The van der Waals surface area contributed by atoms with Crippen LogP contribution in [0.4, 0.5) is 0 Å². The Balaban J connectivity index is 1.70. The molecule has 19 heavy (non-hydrogen) atoms. The highest BCUT2D eigenvalue weighted by Crippen LogP contribution is 2.17. The van der Waals surface area contributed by atoms with Crippen molar-refractivity contribution in [2.24, 2.45) is 0 Å². The van der Waals surface area contributed by atoms with Gasteiger partial charge in [-0.25, -0.2) is 4.98 Å². The molecule has 0 unspecified atom stereocenters. The molecule has 2 rings (SSSR count). The van der Waals surface area contributed by atoms with Crippen molar-refractivity contribution in [3.63, 3.8) is 0 Å². The molecule has 0 aromatic carbocycles. The topological polar surface area (TPSA) is 67.0 Å². The van der Waals surface area contributed by atoms with Crippen LogP contribution >= 0.6 is 11.3 Å². The number of aromatic nitrogens is 2. The van der Waals surface area contributed by atoms with Gasteiger partial charge in [-0.05, 0) is 12.1 Å². The molecule has 0 fully saturated rings. The summed E-state index contributed by atoms with van der Waals surface area (Å²) >= 11 is 1.64. The van der Waals surface area contributed by atoms with Gasteiger partial charge in [0, 0.05) is 41.7 Å². The van der Waals surface area contributed by atoms with E-state index in [1.165, 1.54) is 12.0 Å². The average Bonchev–Trinajstić information content (AvgIpc) is 3.06. The summed E-state index contributed by atoms with van der Waals surface area (Å²) < 4.78 is 4.64. The predicted octanol–water partition coefficient (Wildman–Crippen LogP) is 1.52. The maximum absolute atomic E-state index is 11.1. The molecule has 2 aromatic rings. The lowest BCUT2D eigenvalue weighted by Crippen LogP contribution is -2.16. The molecule has 0 atom stereocenters. The minimum atomic E-state index is -0.195. The number of nitrogens with one attached hydrogen (secondary N) is 2. The molecule has 2 N–H and O–H groups in total. The van der Waals surface area contributed by atoms with Crippen LogP contribution in [0.15, 0.2) is 24.5 Å². The fourth-order valence-electron chi connectivity index (χ4n) is 1.68. The molecule has 2 aromatic heterocycles. The van der Waals surface area contributed by atoms with Gasteiger partial charge in [0.25, 0.3) is 0 Å². The Morgan fingerprint density at radius 1 is 1.47 bits per heavy atom. The van der Waals surface area contributed by atoms with E-state index in [1.807, 2.05) is 18.3 Å². The van der Waals surface area contributed by atoms with E-state index in [0.29, 0.717) is 6.42 Å². The number of hydrogen-bond acceptors (Lipinski definition) is 5. The van der Waals surface area contributed by atoms with Gasteiger partial charge in [0.05, 0.1) is 13.5 Å². The number of carbonyl (C=O) groups is 1. The van der Waals surface area contributed by atoms with Crippen LogP contribution in [0, 0.1) is 0 Å². The first-order valence-corrected chi connectivity index (χ1v) is 6.93. The highest BCUT2D eigenvalue weighted by Gasteiger charge is 2.06. The molecular weight excluding hydrogens is 262 g/mol. The fourth-order valence-corrected chi connectivity index (χ4v) is 2.65. The summed E-state index contributed by atoms with van der Waals surface area (Å²) in [5, 5.41) is 3.35. The van der Waals surface area contributed by atoms with Crippen LogP contribution in [0.2, 0.25) is 0 Å². The van der Waals surface area contributed by atoms with Gasteiger partial charge >= 0.3 is 5.97 Å². The van der Waals surface area contributed by atoms with Gasteiger partial charge in [0.1, 0.15) is 5.82 Å². The normalized spacial score (nSPS) is 10.6. The number of methoxy groups -OCH3 is 1. The number of esters is 1. The molecule has 0 saturated carbocycles. The van der Waals surface area contributed by atoms with E-state index in [4.69, 9.17) is 0 Å². The summed E-state index contributed by atoms with van der Waals surface area (Å²) in [6, 6.07) is 4.02. The van der Waals surface area contributed by atoms with E-state index in [9.17, 15) is 4.79 Å². The molecular formula is C13H17N3O2S. The summed E-state index contributed by atoms with van der Waals surface area (Å²) in [7, 11) is 1.41. The summed E-state index contributed by atoms with van der Waals surface area (Å²) in [6.07, 6.45) is 4.82. The average molecular weight is 279 g/mol. The minimum absolute atomic E-state index is 0.195. The number of hydrogen-bond donors (Lipinski definition) is 2. The standard InChI is InChI=1S/C13H17N3O2S/c1-18-13(17)8-10-2-3-11(19-10)9-14-5-4-12-15-6-7-16-12/h2-3,6-7,14H,4-5,8-9H2,1H3,(H,15,16).